The third-order valence-corrected chi connectivity index (χ3v) is 2.14. The Morgan fingerprint density at radius 2 is 2.07 bits per heavy atom. The van der Waals surface area contributed by atoms with Crippen molar-refractivity contribution in [3.05, 3.63) is 29.0 Å². The Kier molecular flexibility index (Phi) is 2.40. The summed E-state index contributed by atoms with van der Waals surface area (Å²) in [6.45, 7) is 0.450. The van der Waals surface area contributed by atoms with Crippen molar-refractivity contribution in [3.8, 4) is 0 Å². The number of rotatable bonds is 2. The SMILES string of the molecule is Nc1nc(Br)n(Cc2ncccn2)n1. The minimum absolute atomic E-state index is 0.229. The van der Waals surface area contributed by atoms with Crippen LogP contribution < -0.4 is 5.73 Å². The van der Waals surface area contributed by atoms with Crippen molar-refractivity contribution in [1.82, 2.24) is 24.7 Å². The van der Waals surface area contributed by atoms with Crippen molar-refractivity contribution >= 4 is 21.9 Å². The molecule has 0 aromatic carbocycles. The number of nitrogens with zero attached hydrogens (tertiary/aromatic N) is 5. The van der Waals surface area contributed by atoms with Gasteiger partial charge in [-0.1, -0.05) is 0 Å². The second kappa shape index (κ2) is 3.70. The molecule has 0 fully saturated rings. The van der Waals surface area contributed by atoms with Gasteiger partial charge in [0.15, 0.2) is 4.73 Å². The van der Waals surface area contributed by atoms with Gasteiger partial charge in [-0.2, -0.15) is 4.98 Å². The number of anilines is 1. The zero-order valence-electron chi connectivity index (χ0n) is 7.13. The summed E-state index contributed by atoms with van der Waals surface area (Å²) in [6, 6.07) is 1.76. The average Bonchev–Trinajstić information content (AvgIpc) is 2.47. The van der Waals surface area contributed by atoms with Crippen molar-refractivity contribution < 1.29 is 0 Å². The Bertz CT molecular complexity index is 425. The number of aromatic nitrogens is 5. The van der Waals surface area contributed by atoms with E-state index in [1.54, 1.807) is 23.1 Å². The van der Waals surface area contributed by atoms with E-state index in [9.17, 15) is 0 Å². The summed E-state index contributed by atoms with van der Waals surface area (Å²) in [4.78, 5) is 12.0. The third-order valence-electron chi connectivity index (χ3n) is 1.55. The van der Waals surface area contributed by atoms with Crippen LogP contribution in [0.2, 0.25) is 0 Å². The van der Waals surface area contributed by atoms with Gasteiger partial charge in [-0.15, -0.1) is 5.10 Å². The number of halogens is 1. The maximum absolute atomic E-state index is 5.42. The van der Waals surface area contributed by atoms with Crippen LogP contribution in [-0.2, 0) is 6.54 Å². The highest BCUT2D eigenvalue weighted by atomic mass is 79.9. The lowest BCUT2D eigenvalue weighted by Crippen LogP contribution is -2.06. The Balaban J connectivity index is 2.23. The summed E-state index contributed by atoms with van der Waals surface area (Å²) in [6.07, 6.45) is 3.35. The summed E-state index contributed by atoms with van der Waals surface area (Å²) in [5.74, 6) is 0.894. The maximum Gasteiger partial charge on any atom is 0.240 e. The molecular weight excluding hydrogens is 248 g/mol. The van der Waals surface area contributed by atoms with Crippen molar-refractivity contribution in [2.24, 2.45) is 0 Å². The number of hydrogen-bond acceptors (Lipinski definition) is 5. The van der Waals surface area contributed by atoms with Crippen LogP contribution in [0, 0.1) is 0 Å². The Morgan fingerprint density at radius 3 is 2.64 bits per heavy atom. The molecule has 0 amide bonds. The number of nitrogen functional groups attached to an aromatic ring is 1. The topological polar surface area (TPSA) is 82.5 Å². The molecule has 0 unspecified atom stereocenters. The van der Waals surface area contributed by atoms with Gasteiger partial charge in [0.05, 0.1) is 0 Å². The molecule has 2 aromatic heterocycles. The molecule has 2 aromatic rings. The van der Waals surface area contributed by atoms with Crippen molar-refractivity contribution in [2.75, 3.05) is 5.73 Å². The molecule has 0 aliphatic carbocycles. The fourth-order valence-corrected chi connectivity index (χ4v) is 1.37. The largest absolute Gasteiger partial charge is 0.366 e. The summed E-state index contributed by atoms with van der Waals surface area (Å²) >= 11 is 3.23. The van der Waals surface area contributed by atoms with E-state index in [0.29, 0.717) is 17.1 Å². The molecule has 2 heterocycles. The monoisotopic (exact) mass is 254 g/mol. The zero-order valence-corrected chi connectivity index (χ0v) is 8.72. The van der Waals surface area contributed by atoms with E-state index < -0.39 is 0 Å². The molecule has 0 bridgehead atoms. The smallest absolute Gasteiger partial charge is 0.240 e. The molecule has 0 saturated heterocycles. The summed E-state index contributed by atoms with van der Waals surface area (Å²) < 4.78 is 2.16. The molecule has 2 rings (SSSR count). The molecular formula is C7H7BrN6. The van der Waals surface area contributed by atoms with Crippen LogP contribution in [0.25, 0.3) is 0 Å². The van der Waals surface area contributed by atoms with E-state index in [2.05, 4.69) is 36.0 Å². The Hall–Kier alpha value is -1.50. The van der Waals surface area contributed by atoms with Crippen LogP contribution >= 0.6 is 15.9 Å². The minimum atomic E-state index is 0.229. The van der Waals surface area contributed by atoms with Crippen LogP contribution in [0.1, 0.15) is 5.82 Å². The van der Waals surface area contributed by atoms with E-state index in [1.165, 1.54) is 0 Å². The molecule has 72 valence electrons. The molecule has 0 radical (unpaired) electrons. The van der Waals surface area contributed by atoms with Crippen LogP contribution in [0.3, 0.4) is 0 Å². The molecule has 7 heteroatoms. The van der Waals surface area contributed by atoms with Crippen LogP contribution in [0.5, 0.6) is 0 Å². The molecule has 6 nitrogen and oxygen atoms in total. The molecule has 0 aliphatic heterocycles. The highest BCUT2D eigenvalue weighted by molar-refractivity contribution is 9.10. The van der Waals surface area contributed by atoms with Gasteiger partial charge in [0, 0.05) is 12.4 Å². The van der Waals surface area contributed by atoms with Gasteiger partial charge in [0.1, 0.15) is 12.4 Å². The first-order chi connectivity index (χ1) is 6.75. The van der Waals surface area contributed by atoms with E-state index in [-0.39, 0.29) is 5.95 Å². The van der Waals surface area contributed by atoms with Crippen LogP contribution in [0.4, 0.5) is 5.95 Å². The van der Waals surface area contributed by atoms with Crippen molar-refractivity contribution in [3.63, 3.8) is 0 Å². The molecule has 14 heavy (non-hydrogen) atoms. The first kappa shape index (κ1) is 9.07. The molecule has 0 spiro atoms. The quantitative estimate of drug-likeness (QED) is 0.842. The first-order valence-corrected chi connectivity index (χ1v) is 4.67. The number of hydrogen-bond donors (Lipinski definition) is 1. The van der Waals surface area contributed by atoms with E-state index in [1.807, 2.05) is 0 Å². The highest BCUT2D eigenvalue weighted by Crippen LogP contribution is 2.08. The fourth-order valence-electron chi connectivity index (χ4n) is 0.986. The van der Waals surface area contributed by atoms with E-state index in [4.69, 9.17) is 5.73 Å². The standard InChI is InChI=1S/C7H7BrN6/c8-6-12-7(9)13-14(6)4-5-10-2-1-3-11-5/h1-3H,4H2,(H2,9,13). The second-order valence-corrected chi connectivity index (χ2v) is 3.27. The molecule has 0 atom stereocenters. The molecule has 0 saturated carbocycles. The second-order valence-electron chi connectivity index (χ2n) is 2.56. The molecule has 0 aliphatic rings. The van der Waals surface area contributed by atoms with Crippen LogP contribution in [-0.4, -0.2) is 24.7 Å². The highest BCUT2D eigenvalue weighted by Gasteiger charge is 2.05. The Morgan fingerprint density at radius 1 is 1.36 bits per heavy atom. The van der Waals surface area contributed by atoms with Gasteiger partial charge < -0.3 is 5.73 Å². The van der Waals surface area contributed by atoms with Gasteiger partial charge in [0.25, 0.3) is 0 Å². The summed E-state index contributed by atoms with van der Waals surface area (Å²) in [5, 5.41) is 3.96. The van der Waals surface area contributed by atoms with E-state index >= 15 is 0 Å². The molecule has 2 N–H and O–H groups in total. The summed E-state index contributed by atoms with van der Waals surface area (Å²) in [7, 11) is 0. The van der Waals surface area contributed by atoms with Crippen LogP contribution in [0.15, 0.2) is 23.2 Å². The van der Waals surface area contributed by atoms with E-state index in [0.717, 1.165) is 0 Å². The zero-order chi connectivity index (χ0) is 9.97. The Labute approximate surface area is 88.3 Å². The van der Waals surface area contributed by atoms with Gasteiger partial charge in [-0.05, 0) is 22.0 Å². The van der Waals surface area contributed by atoms with Gasteiger partial charge >= 0.3 is 0 Å². The van der Waals surface area contributed by atoms with Crippen molar-refractivity contribution in [1.29, 1.82) is 0 Å². The maximum atomic E-state index is 5.42. The first-order valence-electron chi connectivity index (χ1n) is 3.87. The number of nitrogens with two attached hydrogens (primary N) is 1. The lowest BCUT2D eigenvalue weighted by atomic mass is 10.5. The van der Waals surface area contributed by atoms with Gasteiger partial charge in [-0.25, -0.2) is 14.6 Å². The third kappa shape index (κ3) is 1.87. The predicted octanol–water partition coefficient (Wildman–Crippen LogP) is 0.461. The van der Waals surface area contributed by atoms with Gasteiger partial charge in [0.2, 0.25) is 5.95 Å². The summed E-state index contributed by atoms with van der Waals surface area (Å²) in [5.41, 5.74) is 5.42. The lowest BCUT2D eigenvalue weighted by molar-refractivity contribution is 0.640. The lowest BCUT2D eigenvalue weighted by Gasteiger charge is -1.99. The average molecular weight is 255 g/mol. The van der Waals surface area contributed by atoms with Crippen molar-refractivity contribution in [2.45, 2.75) is 6.54 Å². The fraction of sp³-hybridized carbons (Fsp3) is 0.143. The minimum Gasteiger partial charge on any atom is -0.366 e. The van der Waals surface area contributed by atoms with Gasteiger partial charge in [-0.3, -0.25) is 0 Å². The normalized spacial score (nSPS) is 10.4. The predicted molar refractivity (Wildman–Crippen MR) is 53.3 cm³/mol.